The number of thioether (sulfide) groups is 1. The van der Waals surface area contributed by atoms with Crippen LogP contribution < -0.4 is 4.74 Å². The average molecular weight is 394 g/mol. The summed E-state index contributed by atoms with van der Waals surface area (Å²) in [6, 6.07) is 5.50. The van der Waals surface area contributed by atoms with Gasteiger partial charge < -0.3 is 18.6 Å². The van der Waals surface area contributed by atoms with Crippen molar-refractivity contribution in [2.45, 2.75) is 19.1 Å². The number of benzene rings is 1. The molecule has 0 amide bonds. The average Bonchev–Trinajstić information content (AvgIpc) is 3.06. The number of morpholine rings is 1. The Bertz CT molecular complexity index is 754. The van der Waals surface area contributed by atoms with Gasteiger partial charge >= 0.3 is 5.97 Å². The van der Waals surface area contributed by atoms with E-state index >= 15 is 0 Å². The van der Waals surface area contributed by atoms with Gasteiger partial charge in [0, 0.05) is 18.5 Å². The summed E-state index contributed by atoms with van der Waals surface area (Å²) >= 11 is 1.78. The number of hydrogen-bond donors (Lipinski definition) is 0. The molecule has 0 bridgehead atoms. The standard InChI is InChI=1S/C20H27NO5S/c1-3-25-20(22)19-16-13-15(23-2)5-6-17(16)26-18(19)14-27-12-4-7-21-8-10-24-11-9-21/h5-6,13H,3-4,7-12,14H2,1-2H3. The van der Waals surface area contributed by atoms with Crippen LogP contribution in [0, 0.1) is 0 Å². The van der Waals surface area contributed by atoms with E-state index in [2.05, 4.69) is 4.90 Å². The number of ether oxygens (including phenoxy) is 3. The van der Waals surface area contributed by atoms with E-state index in [0.29, 0.717) is 35.0 Å². The van der Waals surface area contributed by atoms with Crippen molar-refractivity contribution in [3.05, 3.63) is 29.5 Å². The maximum absolute atomic E-state index is 12.5. The summed E-state index contributed by atoms with van der Waals surface area (Å²) in [4.78, 5) is 14.9. The van der Waals surface area contributed by atoms with Crippen molar-refractivity contribution in [2.24, 2.45) is 0 Å². The molecule has 3 rings (SSSR count). The zero-order valence-corrected chi connectivity index (χ0v) is 16.8. The molecule has 0 N–H and O–H groups in total. The SMILES string of the molecule is CCOC(=O)c1c(CSCCCN2CCOCC2)oc2ccc(OC)cc12. The van der Waals surface area contributed by atoms with Crippen LogP contribution in [0.5, 0.6) is 5.75 Å². The van der Waals surface area contributed by atoms with E-state index in [0.717, 1.165) is 50.4 Å². The Morgan fingerprint density at radius 1 is 1.30 bits per heavy atom. The van der Waals surface area contributed by atoms with Crippen molar-refractivity contribution >= 4 is 28.7 Å². The van der Waals surface area contributed by atoms with Crippen molar-refractivity contribution in [3.8, 4) is 5.75 Å². The maximum Gasteiger partial charge on any atom is 0.342 e. The van der Waals surface area contributed by atoms with Crippen LogP contribution in [0.15, 0.2) is 22.6 Å². The maximum atomic E-state index is 12.5. The van der Waals surface area contributed by atoms with E-state index < -0.39 is 0 Å². The molecular formula is C20H27NO5S. The number of nitrogens with zero attached hydrogens (tertiary/aromatic N) is 1. The van der Waals surface area contributed by atoms with Gasteiger partial charge in [0.05, 0.1) is 32.7 Å². The summed E-state index contributed by atoms with van der Waals surface area (Å²) in [5, 5.41) is 0.747. The summed E-state index contributed by atoms with van der Waals surface area (Å²) in [6.45, 7) is 6.92. The van der Waals surface area contributed by atoms with Gasteiger partial charge in [-0.15, -0.1) is 0 Å². The van der Waals surface area contributed by atoms with Gasteiger partial charge in [-0.25, -0.2) is 4.79 Å². The summed E-state index contributed by atoms with van der Waals surface area (Å²) in [7, 11) is 1.61. The first kappa shape index (κ1) is 20.0. The summed E-state index contributed by atoms with van der Waals surface area (Å²) in [6.07, 6.45) is 1.10. The minimum atomic E-state index is -0.339. The summed E-state index contributed by atoms with van der Waals surface area (Å²) in [5.74, 6) is 2.69. The van der Waals surface area contributed by atoms with Crippen molar-refractivity contribution in [2.75, 3.05) is 52.3 Å². The van der Waals surface area contributed by atoms with Crippen LogP contribution in [0.2, 0.25) is 0 Å². The van der Waals surface area contributed by atoms with Crippen molar-refractivity contribution < 1.29 is 23.4 Å². The van der Waals surface area contributed by atoms with Gasteiger partial charge in [-0.1, -0.05) is 0 Å². The van der Waals surface area contributed by atoms with Gasteiger partial charge in [-0.3, -0.25) is 4.90 Å². The molecule has 1 aliphatic rings. The van der Waals surface area contributed by atoms with Gasteiger partial charge in [0.2, 0.25) is 0 Å². The van der Waals surface area contributed by atoms with Crippen LogP contribution in [0.1, 0.15) is 29.5 Å². The molecule has 0 aliphatic carbocycles. The molecule has 0 unspecified atom stereocenters. The number of hydrogen-bond acceptors (Lipinski definition) is 7. The highest BCUT2D eigenvalue weighted by Crippen LogP contribution is 2.32. The number of carbonyl (C=O) groups is 1. The van der Waals surface area contributed by atoms with Crippen LogP contribution >= 0.6 is 11.8 Å². The lowest BCUT2D eigenvalue weighted by Gasteiger charge is -2.26. The van der Waals surface area contributed by atoms with E-state index in [1.165, 1.54) is 0 Å². The largest absolute Gasteiger partial charge is 0.497 e. The van der Waals surface area contributed by atoms with Gasteiger partial charge in [0.15, 0.2) is 0 Å². The van der Waals surface area contributed by atoms with Crippen LogP contribution in [-0.2, 0) is 15.2 Å². The number of fused-ring (bicyclic) bond motifs is 1. The van der Waals surface area contributed by atoms with Crippen molar-refractivity contribution in [3.63, 3.8) is 0 Å². The molecule has 0 atom stereocenters. The molecule has 7 heteroatoms. The number of rotatable bonds is 9. The normalized spacial score (nSPS) is 15.2. The Kier molecular flexibility index (Phi) is 7.43. The topological polar surface area (TPSA) is 61.1 Å². The molecule has 1 fully saturated rings. The second-order valence-corrected chi connectivity index (χ2v) is 7.45. The molecule has 1 aromatic carbocycles. The quantitative estimate of drug-likeness (QED) is 0.477. The van der Waals surface area contributed by atoms with E-state index in [-0.39, 0.29) is 5.97 Å². The molecule has 148 valence electrons. The molecule has 1 saturated heterocycles. The second kappa shape index (κ2) is 10.0. The van der Waals surface area contributed by atoms with Gasteiger partial charge in [-0.2, -0.15) is 11.8 Å². The Morgan fingerprint density at radius 3 is 2.85 bits per heavy atom. The molecule has 1 aromatic heterocycles. The Balaban J connectivity index is 1.63. The molecule has 0 spiro atoms. The molecule has 27 heavy (non-hydrogen) atoms. The first-order chi connectivity index (χ1) is 13.2. The predicted molar refractivity (Wildman–Crippen MR) is 107 cm³/mol. The molecular weight excluding hydrogens is 366 g/mol. The minimum absolute atomic E-state index is 0.335. The van der Waals surface area contributed by atoms with Crippen LogP contribution in [0.4, 0.5) is 0 Å². The van der Waals surface area contributed by atoms with Crippen LogP contribution in [-0.4, -0.2) is 63.2 Å². The first-order valence-electron chi connectivity index (χ1n) is 9.37. The predicted octanol–water partition coefficient (Wildman–Crippen LogP) is 3.57. The van der Waals surface area contributed by atoms with Crippen molar-refractivity contribution in [1.82, 2.24) is 4.90 Å². The summed E-state index contributed by atoms with van der Waals surface area (Å²) < 4.78 is 21.9. The smallest absolute Gasteiger partial charge is 0.342 e. The Hall–Kier alpha value is -1.70. The fraction of sp³-hybridized carbons (Fsp3) is 0.550. The minimum Gasteiger partial charge on any atom is -0.497 e. The lowest BCUT2D eigenvalue weighted by molar-refractivity contribution is 0.0381. The first-order valence-corrected chi connectivity index (χ1v) is 10.5. The molecule has 0 radical (unpaired) electrons. The van der Waals surface area contributed by atoms with Gasteiger partial charge in [-0.05, 0) is 43.8 Å². The van der Waals surface area contributed by atoms with E-state index in [4.69, 9.17) is 18.6 Å². The van der Waals surface area contributed by atoms with Gasteiger partial charge in [0.25, 0.3) is 0 Å². The molecule has 0 saturated carbocycles. The highest BCUT2D eigenvalue weighted by Gasteiger charge is 2.22. The zero-order chi connectivity index (χ0) is 19.1. The molecule has 2 aromatic rings. The van der Waals surface area contributed by atoms with Crippen LogP contribution in [0.25, 0.3) is 11.0 Å². The third-order valence-corrected chi connectivity index (χ3v) is 5.59. The van der Waals surface area contributed by atoms with E-state index in [9.17, 15) is 4.79 Å². The Morgan fingerprint density at radius 2 is 2.11 bits per heavy atom. The number of esters is 1. The fourth-order valence-corrected chi connectivity index (χ4v) is 4.03. The molecule has 1 aliphatic heterocycles. The monoisotopic (exact) mass is 393 g/mol. The van der Waals surface area contributed by atoms with E-state index in [1.807, 2.05) is 18.2 Å². The highest BCUT2D eigenvalue weighted by molar-refractivity contribution is 7.98. The lowest BCUT2D eigenvalue weighted by atomic mass is 10.1. The number of furan rings is 1. The molecule has 2 heterocycles. The fourth-order valence-electron chi connectivity index (χ4n) is 3.16. The van der Waals surface area contributed by atoms with E-state index in [1.54, 1.807) is 25.8 Å². The Labute approximate surface area is 164 Å². The van der Waals surface area contributed by atoms with Crippen molar-refractivity contribution in [1.29, 1.82) is 0 Å². The van der Waals surface area contributed by atoms with Gasteiger partial charge in [0.1, 0.15) is 22.7 Å². The lowest BCUT2D eigenvalue weighted by Crippen LogP contribution is -2.36. The molecule has 6 nitrogen and oxygen atoms in total. The van der Waals surface area contributed by atoms with Crippen LogP contribution in [0.3, 0.4) is 0 Å². The highest BCUT2D eigenvalue weighted by atomic mass is 32.2. The third-order valence-electron chi connectivity index (χ3n) is 4.55. The number of carbonyl (C=O) groups excluding carboxylic acids is 1. The zero-order valence-electron chi connectivity index (χ0n) is 16.0. The second-order valence-electron chi connectivity index (χ2n) is 6.34. The summed E-state index contributed by atoms with van der Waals surface area (Å²) in [5.41, 5.74) is 1.20. The number of methoxy groups -OCH3 is 1. The third kappa shape index (κ3) is 5.18.